The molecule has 0 aliphatic heterocycles. The highest BCUT2D eigenvalue weighted by atomic mass is 35.5. The maximum absolute atomic E-state index is 13.5. The molecule has 0 aromatic heterocycles. The van der Waals surface area contributed by atoms with Crippen LogP contribution in [0.4, 0.5) is 10.5 Å². The number of urea groups is 1. The minimum Gasteiger partial charge on any atom is -0.489 e. The van der Waals surface area contributed by atoms with E-state index < -0.39 is 35.6 Å². The molecule has 0 radical (unpaired) electrons. The van der Waals surface area contributed by atoms with E-state index in [1.54, 1.807) is 39.0 Å². The number of hydrogen-bond acceptors (Lipinski definition) is 5. The largest absolute Gasteiger partial charge is 0.489 e. The number of nitrogens with one attached hydrogen (secondary N) is 3. The van der Waals surface area contributed by atoms with E-state index in [4.69, 9.17) is 32.7 Å². The van der Waals surface area contributed by atoms with Crippen LogP contribution in [-0.2, 0) is 27.4 Å². The van der Waals surface area contributed by atoms with Gasteiger partial charge in [0, 0.05) is 6.42 Å². The fourth-order valence-electron chi connectivity index (χ4n) is 4.16. The number of carbonyl (C=O) groups is 3. The van der Waals surface area contributed by atoms with Crippen molar-refractivity contribution in [2.75, 3.05) is 5.32 Å². The number of carbonyl (C=O) groups excluding carboxylic acids is 3. The fraction of sp³-hybridized carbons (Fsp3) is 0.364. The lowest BCUT2D eigenvalue weighted by atomic mass is 10.0. The quantitative estimate of drug-likeness (QED) is 0.184. The van der Waals surface area contributed by atoms with Gasteiger partial charge in [0.15, 0.2) is 0 Å². The van der Waals surface area contributed by atoms with Crippen molar-refractivity contribution in [2.45, 2.75) is 71.8 Å². The Labute approximate surface area is 263 Å². The molecule has 10 heteroatoms. The van der Waals surface area contributed by atoms with Gasteiger partial charge < -0.3 is 25.4 Å². The molecule has 0 aliphatic rings. The summed E-state index contributed by atoms with van der Waals surface area (Å²) in [4.78, 5) is 39.6. The first-order chi connectivity index (χ1) is 20.3. The Morgan fingerprint density at radius 1 is 0.814 bits per heavy atom. The first-order valence-corrected chi connectivity index (χ1v) is 14.9. The van der Waals surface area contributed by atoms with Gasteiger partial charge in [-0.2, -0.15) is 0 Å². The van der Waals surface area contributed by atoms with Crippen molar-refractivity contribution >= 4 is 46.8 Å². The van der Waals surface area contributed by atoms with Crippen LogP contribution < -0.4 is 20.7 Å². The molecule has 2 unspecified atom stereocenters. The third-order valence-electron chi connectivity index (χ3n) is 6.15. The van der Waals surface area contributed by atoms with E-state index in [2.05, 4.69) is 16.0 Å². The van der Waals surface area contributed by atoms with E-state index in [-0.39, 0.29) is 22.4 Å². The molecule has 0 saturated heterocycles. The summed E-state index contributed by atoms with van der Waals surface area (Å²) in [7, 11) is 0. The summed E-state index contributed by atoms with van der Waals surface area (Å²) in [5.74, 6) is -0.352. The molecule has 3 N–H and O–H groups in total. The van der Waals surface area contributed by atoms with Gasteiger partial charge in [0.1, 0.15) is 30.0 Å². The highest BCUT2D eigenvalue weighted by Crippen LogP contribution is 2.29. The highest BCUT2D eigenvalue weighted by Gasteiger charge is 2.31. The molecular formula is C33H39Cl2N3O5. The van der Waals surface area contributed by atoms with Crippen LogP contribution in [0.15, 0.2) is 72.8 Å². The van der Waals surface area contributed by atoms with Gasteiger partial charge in [-0.05, 0) is 68.5 Å². The smallest absolute Gasteiger partial charge is 0.329 e. The Bertz CT molecular complexity index is 1380. The van der Waals surface area contributed by atoms with Crippen LogP contribution >= 0.6 is 23.2 Å². The van der Waals surface area contributed by atoms with Crippen molar-refractivity contribution in [2.24, 2.45) is 5.92 Å². The maximum atomic E-state index is 13.5. The Morgan fingerprint density at radius 2 is 1.49 bits per heavy atom. The molecule has 3 aromatic rings. The van der Waals surface area contributed by atoms with Crippen molar-refractivity contribution < 1.29 is 23.9 Å². The number of benzene rings is 3. The summed E-state index contributed by atoms with van der Waals surface area (Å²) in [6.45, 7) is 9.57. The SMILES string of the molecule is CC(C)CC(NC(=O)Nc1cccc(Cl)c1Cl)C(=O)NC(Cc1ccc(OCc2ccccc2)cc1)C(=O)OC(C)(C)C. The zero-order valence-corrected chi connectivity index (χ0v) is 26.6. The normalized spacial score (nSPS) is 12.7. The van der Waals surface area contributed by atoms with Gasteiger partial charge in [0.05, 0.1) is 15.7 Å². The van der Waals surface area contributed by atoms with Crippen molar-refractivity contribution in [1.29, 1.82) is 0 Å². The van der Waals surface area contributed by atoms with Crippen molar-refractivity contribution in [3.63, 3.8) is 0 Å². The minimum absolute atomic E-state index is 0.0641. The molecule has 0 heterocycles. The molecule has 0 saturated carbocycles. The zero-order valence-electron chi connectivity index (χ0n) is 25.1. The Balaban J connectivity index is 1.72. The van der Waals surface area contributed by atoms with E-state index in [0.29, 0.717) is 24.5 Å². The summed E-state index contributed by atoms with van der Waals surface area (Å²) in [6, 6.07) is 19.4. The molecule has 8 nitrogen and oxygen atoms in total. The summed E-state index contributed by atoms with van der Waals surface area (Å²) in [6.07, 6.45) is 0.509. The van der Waals surface area contributed by atoms with E-state index in [0.717, 1.165) is 11.1 Å². The van der Waals surface area contributed by atoms with Gasteiger partial charge in [-0.15, -0.1) is 0 Å². The predicted molar refractivity (Wildman–Crippen MR) is 171 cm³/mol. The molecule has 2 atom stereocenters. The lowest BCUT2D eigenvalue weighted by Gasteiger charge is -2.27. The van der Waals surface area contributed by atoms with Gasteiger partial charge in [0.2, 0.25) is 5.91 Å². The van der Waals surface area contributed by atoms with E-state index in [1.165, 1.54) is 0 Å². The number of anilines is 1. The highest BCUT2D eigenvalue weighted by molar-refractivity contribution is 6.44. The number of esters is 1. The molecule has 3 aromatic carbocycles. The van der Waals surface area contributed by atoms with E-state index in [1.807, 2.05) is 68.4 Å². The standard InChI is InChI=1S/C33H39Cl2N3O5/c1-21(2)18-27(38-32(41)37-26-13-9-12-25(34)29(26)35)30(39)36-28(31(40)43-33(3,4)5)19-22-14-16-24(17-15-22)42-20-23-10-7-6-8-11-23/h6-17,21,27-28H,18-20H2,1-5H3,(H,36,39)(H2,37,38,41). The van der Waals surface area contributed by atoms with Gasteiger partial charge in [0.25, 0.3) is 0 Å². The summed E-state index contributed by atoms with van der Waals surface area (Å²) in [5.41, 5.74) is 1.39. The monoisotopic (exact) mass is 627 g/mol. The Morgan fingerprint density at radius 3 is 2.12 bits per heavy atom. The Kier molecular flexibility index (Phi) is 12.3. The van der Waals surface area contributed by atoms with E-state index >= 15 is 0 Å². The van der Waals surface area contributed by atoms with Crippen LogP contribution in [0.2, 0.25) is 10.0 Å². The number of ether oxygens (including phenoxy) is 2. The molecule has 0 spiro atoms. The third kappa shape index (κ3) is 11.5. The topological polar surface area (TPSA) is 106 Å². The van der Waals surface area contributed by atoms with Gasteiger partial charge in [-0.1, -0.05) is 85.6 Å². The molecule has 0 aliphatic carbocycles. The number of rotatable bonds is 12. The fourth-order valence-corrected chi connectivity index (χ4v) is 4.50. The Hall–Kier alpha value is -3.75. The molecule has 43 heavy (non-hydrogen) atoms. The molecular weight excluding hydrogens is 589 g/mol. The number of hydrogen-bond donors (Lipinski definition) is 3. The minimum atomic E-state index is -0.996. The van der Waals surface area contributed by atoms with Crippen molar-refractivity contribution in [3.05, 3.63) is 94.0 Å². The predicted octanol–water partition coefficient (Wildman–Crippen LogP) is 7.18. The second kappa shape index (κ2) is 15.6. The molecule has 230 valence electrons. The average molecular weight is 629 g/mol. The van der Waals surface area contributed by atoms with Crippen LogP contribution in [0.3, 0.4) is 0 Å². The molecule has 3 amide bonds. The third-order valence-corrected chi connectivity index (χ3v) is 6.97. The van der Waals surface area contributed by atoms with Gasteiger partial charge in [-0.3, -0.25) is 4.79 Å². The van der Waals surface area contributed by atoms with Crippen LogP contribution in [0.25, 0.3) is 0 Å². The van der Waals surface area contributed by atoms with Crippen molar-refractivity contribution in [3.8, 4) is 5.75 Å². The number of halogens is 2. The van der Waals surface area contributed by atoms with E-state index in [9.17, 15) is 14.4 Å². The first kappa shape index (κ1) is 33.7. The molecule has 0 bridgehead atoms. The molecule has 3 rings (SSSR count). The van der Waals surface area contributed by atoms with Crippen LogP contribution in [0.1, 0.15) is 52.2 Å². The summed E-state index contributed by atoms with van der Waals surface area (Å²) < 4.78 is 11.5. The summed E-state index contributed by atoms with van der Waals surface area (Å²) >= 11 is 12.2. The maximum Gasteiger partial charge on any atom is 0.329 e. The van der Waals surface area contributed by atoms with Crippen molar-refractivity contribution in [1.82, 2.24) is 10.6 Å². The van der Waals surface area contributed by atoms with Gasteiger partial charge in [-0.25, -0.2) is 9.59 Å². The first-order valence-electron chi connectivity index (χ1n) is 14.1. The second-order valence-electron chi connectivity index (χ2n) is 11.6. The van der Waals surface area contributed by atoms with Crippen LogP contribution in [-0.4, -0.2) is 35.6 Å². The average Bonchev–Trinajstić information content (AvgIpc) is 2.93. The summed E-state index contributed by atoms with van der Waals surface area (Å²) in [5, 5.41) is 8.61. The lowest BCUT2D eigenvalue weighted by Crippen LogP contribution is -2.54. The zero-order chi connectivity index (χ0) is 31.6. The molecule has 0 fully saturated rings. The lowest BCUT2D eigenvalue weighted by molar-refractivity contribution is -0.158. The van der Waals surface area contributed by atoms with Crippen LogP contribution in [0, 0.1) is 5.92 Å². The van der Waals surface area contributed by atoms with Gasteiger partial charge >= 0.3 is 12.0 Å². The number of amides is 3. The van der Waals surface area contributed by atoms with Crippen LogP contribution in [0.5, 0.6) is 5.75 Å². The second-order valence-corrected chi connectivity index (χ2v) is 12.4.